The molecule has 0 radical (unpaired) electrons. The van der Waals surface area contributed by atoms with Crippen LogP contribution in [0.3, 0.4) is 0 Å². The summed E-state index contributed by atoms with van der Waals surface area (Å²) in [5, 5.41) is 0. The Labute approximate surface area is 295 Å². The summed E-state index contributed by atoms with van der Waals surface area (Å²) in [6, 6.07) is 10.8. The largest absolute Gasteiger partial charge is 2.00 e. The predicted octanol–water partition coefficient (Wildman–Crippen LogP) is 11.0. The van der Waals surface area contributed by atoms with Crippen molar-refractivity contribution in [1.82, 2.24) is 9.80 Å². The molecule has 0 amide bonds. The smallest absolute Gasteiger partial charge is 0.385 e. The van der Waals surface area contributed by atoms with E-state index in [2.05, 4.69) is 97.3 Å². The maximum absolute atomic E-state index is 9.58. The first kappa shape index (κ1) is 50.3. The van der Waals surface area contributed by atoms with E-state index in [-0.39, 0.29) is 31.1 Å². The molecule has 0 aliphatic carbocycles. The SMILES string of the molecule is C/C=C(C)\C=C(/C(C)C)C(C)(C)C.CC.CCCCCN(CCC)CCN1CCOCC1.Cc1cc[c-]cc1.F[C-](F)F.[U+2]. The Morgan fingerprint density at radius 1 is 1.00 bits per heavy atom. The first-order valence-electron chi connectivity index (χ1n) is 16.4. The molecule has 44 heavy (non-hydrogen) atoms. The Morgan fingerprint density at radius 2 is 1.52 bits per heavy atom. The summed E-state index contributed by atoms with van der Waals surface area (Å²) in [6.45, 7) is 32.2. The summed E-state index contributed by atoms with van der Waals surface area (Å²) in [6.07, 6.45) is 9.81. The van der Waals surface area contributed by atoms with Crippen LogP contribution < -0.4 is 0 Å². The molecule has 1 heterocycles. The summed E-state index contributed by atoms with van der Waals surface area (Å²) in [7, 11) is 0. The Bertz CT molecular complexity index is 772. The van der Waals surface area contributed by atoms with Gasteiger partial charge in [-0.05, 0) is 51.1 Å². The fourth-order valence-electron chi connectivity index (χ4n) is 4.39. The van der Waals surface area contributed by atoms with Crippen LogP contribution in [-0.4, -0.2) is 62.3 Å². The second-order valence-electron chi connectivity index (χ2n) is 11.8. The van der Waals surface area contributed by atoms with Crippen molar-refractivity contribution in [3.8, 4) is 0 Å². The second-order valence-corrected chi connectivity index (χ2v) is 11.8. The van der Waals surface area contributed by atoms with Gasteiger partial charge in [0.2, 0.25) is 0 Å². The first-order chi connectivity index (χ1) is 20.3. The Hall–Kier alpha value is -0.578. The Kier molecular flexibility index (Phi) is 38.6. The van der Waals surface area contributed by atoms with E-state index in [0.29, 0.717) is 11.3 Å². The van der Waals surface area contributed by atoms with E-state index in [1.54, 1.807) is 0 Å². The minimum Gasteiger partial charge on any atom is -0.385 e. The van der Waals surface area contributed by atoms with Gasteiger partial charge < -0.3 is 22.8 Å². The third-order valence-corrected chi connectivity index (χ3v) is 6.67. The van der Waals surface area contributed by atoms with Gasteiger partial charge in [0.25, 0.3) is 0 Å². The molecule has 0 bridgehead atoms. The van der Waals surface area contributed by atoms with Crippen LogP contribution in [0.15, 0.2) is 47.6 Å². The van der Waals surface area contributed by atoms with Crippen LogP contribution in [0.2, 0.25) is 0 Å². The zero-order valence-corrected chi connectivity index (χ0v) is 34.6. The number of hydrogen-bond acceptors (Lipinski definition) is 3. The molecule has 1 fully saturated rings. The standard InChI is InChI=1S/C14H30N2O.C13H24.C7H7.C2H6.CF3.U/c1-3-5-6-8-15(7-4-2)9-10-16-11-13-17-14-12-16;1-8-11(4)9-12(10(2)3)13(5,6)7;1-7-5-3-2-4-6-7;1-2;2-1(3)4;/h3-14H2,1-2H3;8-10H,1-7H3;3-6H,1H3;1-2H3;;/q;;-1;;-1;+2/b;11-8-,12-9+;;;;. The number of ether oxygens (including phenoxy) is 1. The number of unbranched alkanes of at least 4 members (excludes halogenated alkanes) is 2. The van der Waals surface area contributed by atoms with Gasteiger partial charge in [0, 0.05) is 26.2 Å². The summed E-state index contributed by atoms with van der Waals surface area (Å²) in [4.78, 5) is 5.16. The normalized spacial score (nSPS) is 13.8. The molecule has 1 aliphatic rings. The maximum Gasteiger partial charge on any atom is 2.00 e. The molecular weight excluding hydrogens is 783 g/mol. The Balaban J connectivity index is -0.000000261. The number of benzene rings is 1. The number of rotatable bonds is 11. The number of aryl methyl sites for hydroxylation is 1. The van der Waals surface area contributed by atoms with Gasteiger partial charge in [0.15, 0.2) is 6.68 Å². The van der Waals surface area contributed by atoms with Gasteiger partial charge >= 0.3 is 31.1 Å². The molecule has 1 aromatic carbocycles. The van der Waals surface area contributed by atoms with Crippen LogP contribution in [-0.2, 0) is 4.74 Å². The van der Waals surface area contributed by atoms with E-state index in [4.69, 9.17) is 4.74 Å². The first-order valence-corrected chi connectivity index (χ1v) is 16.4. The second kappa shape index (κ2) is 33.8. The van der Waals surface area contributed by atoms with Crippen molar-refractivity contribution in [3.63, 3.8) is 0 Å². The average molecular weight is 851 g/mol. The van der Waals surface area contributed by atoms with Gasteiger partial charge in [-0.1, -0.05) is 105 Å². The minimum atomic E-state index is -3.08. The molecule has 0 saturated carbocycles. The zero-order valence-electron chi connectivity index (χ0n) is 30.5. The molecule has 7 heteroatoms. The van der Waals surface area contributed by atoms with Gasteiger partial charge in [-0.2, -0.15) is 35.9 Å². The van der Waals surface area contributed by atoms with Crippen molar-refractivity contribution < 1.29 is 49.0 Å². The molecule has 1 aromatic rings. The number of allylic oxidation sites excluding steroid dienone is 4. The molecule has 3 nitrogen and oxygen atoms in total. The topological polar surface area (TPSA) is 15.7 Å². The predicted molar refractivity (Wildman–Crippen MR) is 183 cm³/mol. The van der Waals surface area contributed by atoms with Crippen LogP contribution in [0, 0.1) is 62.1 Å². The third kappa shape index (κ3) is 34.3. The number of nitrogens with zero attached hydrogens (tertiary/aromatic N) is 2. The summed E-state index contributed by atoms with van der Waals surface area (Å²) in [5.74, 6) is 0.634. The number of hydrogen-bond donors (Lipinski definition) is 0. The van der Waals surface area contributed by atoms with Crippen LogP contribution >= 0.6 is 0 Å². The minimum absolute atomic E-state index is 0. The number of halogens is 3. The van der Waals surface area contributed by atoms with E-state index in [9.17, 15) is 13.2 Å². The van der Waals surface area contributed by atoms with E-state index >= 15 is 0 Å². The van der Waals surface area contributed by atoms with Gasteiger partial charge in [-0.3, -0.25) is 4.90 Å². The fourth-order valence-corrected chi connectivity index (χ4v) is 4.39. The van der Waals surface area contributed by atoms with Crippen molar-refractivity contribution >= 4 is 0 Å². The maximum atomic E-state index is 9.58. The summed E-state index contributed by atoms with van der Waals surface area (Å²) >= 11 is 0. The van der Waals surface area contributed by atoms with Crippen molar-refractivity contribution in [3.05, 3.63) is 65.9 Å². The van der Waals surface area contributed by atoms with Crippen LogP contribution in [0.4, 0.5) is 13.2 Å². The van der Waals surface area contributed by atoms with Crippen molar-refractivity contribution in [2.24, 2.45) is 11.3 Å². The molecule has 256 valence electrons. The molecule has 0 unspecified atom stereocenters. The quantitative estimate of drug-likeness (QED) is 0.125. The Morgan fingerprint density at radius 3 is 1.89 bits per heavy atom. The van der Waals surface area contributed by atoms with Crippen LogP contribution in [0.25, 0.3) is 0 Å². The summed E-state index contributed by atoms with van der Waals surface area (Å²) in [5.41, 5.74) is 4.47. The molecule has 1 aliphatic heterocycles. The molecule has 0 atom stereocenters. The number of morpholine rings is 1. The average Bonchev–Trinajstić information content (AvgIpc) is 2.96. The molecule has 0 N–H and O–H groups in total. The zero-order chi connectivity index (χ0) is 33.7. The molecule has 1 saturated heterocycles. The molecule has 0 aromatic heterocycles. The summed E-state index contributed by atoms with van der Waals surface area (Å²) < 4.78 is 34.1. The van der Waals surface area contributed by atoms with Crippen LogP contribution in [0.1, 0.15) is 107 Å². The van der Waals surface area contributed by atoms with Gasteiger partial charge in [-0.25, -0.2) is 0 Å². The van der Waals surface area contributed by atoms with E-state index in [1.165, 1.54) is 68.6 Å². The van der Waals surface area contributed by atoms with Gasteiger partial charge in [0.05, 0.1) is 13.2 Å². The fraction of sp³-hybridized carbons (Fsp3) is 0.703. The molecular formula is C37H67F3N2OU. The van der Waals surface area contributed by atoms with Crippen LogP contribution in [0.5, 0.6) is 0 Å². The molecule has 2 rings (SSSR count). The van der Waals surface area contributed by atoms with Crippen molar-refractivity contribution in [2.45, 2.75) is 109 Å². The third-order valence-electron chi connectivity index (χ3n) is 6.67. The molecule has 0 spiro atoms. The van der Waals surface area contributed by atoms with E-state index in [1.807, 2.05) is 38.1 Å². The van der Waals surface area contributed by atoms with E-state index < -0.39 is 6.68 Å². The monoisotopic (exact) mass is 851 g/mol. The van der Waals surface area contributed by atoms with Crippen molar-refractivity contribution in [2.75, 3.05) is 52.5 Å². The van der Waals surface area contributed by atoms with Crippen molar-refractivity contribution in [1.29, 1.82) is 0 Å². The van der Waals surface area contributed by atoms with Gasteiger partial charge in [-0.15, -0.1) is 0 Å². The van der Waals surface area contributed by atoms with E-state index in [0.717, 1.165) is 26.3 Å². The van der Waals surface area contributed by atoms with Gasteiger partial charge in [0.1, 0.15) is 0 Å².